The van der Waals surface area contributed by atoms with Crippen LogP contribution >= 0.6 is 11.8 Å². The Morgan fingerprint density at radius 3 is 2.65 bits per heavy atom. The van der Waals surface area contributed by atoms with Crippen LogP contribution in [-0.2, 0) is 19.2 Å². The number of rotatable bonds is 7. The van der Waals surface area contributed by atoms with E-state index in [0.29, 0.717) is 12.3 Å². The van der Waals surface area contributed by atoms with Gasteiger partial charge in [0, 0.05) is 18.7 Å². The summed E-state index contributed by atoms with van der Waals surface area (Å²) in [6, 6.07) is 5.48. The molecule has 1 fully saturated rings. The number of anilines is 1. The topological polar surface area (TPSA) is 76.7 Å². The van der Waals surface area contributed by atoms with Crippen LogP contribution in [0.25, 0.3) is 0 Å². The van der Waals surface area contributed by atoms with Crippen LogP contribution in [0.5, 0.6) is 0 Å². The lowest BCUT2D eigenvalue weighted by atomic mass is 10.2. The van der Waals surface area contributed by atoms with Crippen LogP contribution in [0.3, 0.4) is 0 Å². The molecule has 1 aromatic rings. The van der Waals surface area contributed by atoms with E-state index in [1.165, 1.54) is 24.3 Å². The Morgan fingerprint density at radius 1 is 1.22 bits per heavy atom. The Hall–Kier alpha value is -1.64. The number of benzene rings is 1. The van der Waals surface area contributed by atoms with E-state index in [0.717, 1.165) is 31.0 Å². The van der Waals surface area contributed by atoms with Crippen LogP contribution in [0.2, 0.25) is 0 Å². The van der Waals surface area contributed by atoms with Crippen molar-refractivity contribution in [3.63, 3.8) is 0 Å². The van der Waals surface area contributed by atoms with Crippen molar-refractivity contribution in [1.29, 1.82) is 0 Å². The molecule has 0 aliphatic carbocycles. The van der Waals surface area contributed by atoms with Crippen LogP contribution in [-0.4, -0.2) is 36.2 Å². The molecule has 0 unspecified atom stereocenters. The second-order valence-corrected chi connectivity index (χ2v) is 5.97. The molecular formula is C15H19FN2O4S. The molecule has 1 aliphatic rings. The Bertz CT molecular complexity index is 521. The van der Waals surface area contributed by atoms with Gasteiger partial charge in [-0.15, -0.1) is 11.8 Å². The first-order chi connectivity index (χ1) is 11.1. The molecule has 1 heterocycles. The third-order valence-corrected chi connectivity index (χ3v) is 3.97. The number of amides is 2. The molecule has 0 saturated carbocycles. The summed E-state index contributed by atoms with van der Waals surface area (Å²) in [7, 11) is 0. The molecular weight excluding hydrogens is 323 g/mol. The van der Waals surface area contributed by atoms with Gasteiger partial charge in [-0.2, -0.15) is 0 Å². The zero-order valence-corrected chi connectivity index (χ0v) is 13.4. The predicted molar refractivity (Wildman–Crippen MR) is 85.2 cm³/mol. The zero-order valence-electron chi connectivity index (χ0n) is 12.5. The largest absolute Gasteiger partial charge is 0.350 e. The Labute approximate surface area is 138 Å². The standard InChI is InChI=1S/C15H19FN2O4S/c16-11-4-6-12(7-5-11)17-13(19)9-23-10-14(20)18-22-15-3-1-2-8-21-15/h4-7,15H,1-3,8-10H2,(H,17,19)(H,18,20)/t15-/m0/s1. The van der Waals surface area contributed by atoms with E-state index in [1.54, 1.807) is 0 Å². The number of thioether (sulfide) groups is 1. The molecule has 0 spiro atoms. The van der Waals surface area contributed by atoms with Gasteiger partial charge < -0.3 is 10.1 Å². The molecule has 23 heavy (non-hydrogen) atoms. The van der Waals surface area contributed by atoms with Gasteiger partial charge in [-0.25, -0.2) is 14.7 Å². The molecule has 0 bridgehead atoms. The highest BCUT2D eigenvalue weighted by Gasteiger charge is 2.15. The molecule has 1 aromatic carbocycles. The average molecular weight is 342 g/mol. The molecule has 0 radical (unpaired) electrons. The van der Waals surface area contributed by atoms with Crippen LogP contribution in [0.1, 0.15) is 19.3 Å². The summed E-state index contributed by atoms with van der Waals surface area (Å²) in [5, 5.41) is 2.62. The van der Waals surface area contributed by atoms with E-state index in [4.69, 9.17) is 9.57 Å². The van der Waals surface area contributed by atoms with E-state index in [9.17, 15) is 14.0 Å². The second kappa shape index (κ2) is 9.49. The number of carbonyl (C=O) groups excluding carboxylic acids is 2. The number of carbonyl (C=O) groups is 2. The quantitative estimate of drug-likeness (QED) is 0.742. The Morgan fingerprint density at radius 2 is 1.96 bits per heavy atom. The number of nitrogens with one attached hydrogen (secondary N) is 2. The van der Waals surface area contributed by atoms with Crippen LogP contribution in [0, 0.1) is 5.82 Å². The van der Waals surface area contributed by atoms with E-state index < -0.39 is 0 Å². The fourth-order valence-electron chi connectivity index (χ4n) is 1.93. The average Bonchev–Trinajstić information content (AvgIpc) is 2.56. The maximum Gasteiger partial charge on any atom is 0.253 e. The molecule has 2 amide bonds. The van der Waals surface area contributed by atoms with Crippen molar-refractivity contribution in [2.24, 2.45) is 0 Å². The smallest absolute Gasteiger partial charge is 0.253 e. The second-order valence-electron chi connectivity index (χ2n) is 4.99. The van der Waals surface area contributed by atoms with Gasteiger partial charge in [0.15, 0.2) is 6.29 Å². The summed E-state index contributed by atoms with van der Waals surface area (Å²) in [5.74, 6) is -0.727. The predicted octanol–water partition coefficient (Wildman–Crippen LogP) is 2.07. The number of hydrogen-bond donors (Lipinski definition) is 2. The van der Waals surface area contributed by atoms with E-state index in [-0.39, 0.29) is 35.4 Å². The van der Waals surface area contributed by atoms with E-state index in [1.807, 2.05) is 0 Å². The number of hydroxylamine groups is 1. The van der Waals surface area contributed by atoms with Crippen molar-refractivity contribution >= 4 is 29.3 Å². The lowest BCUT2D eigenvalue weighted by Gasteiger charge is -2.22. The highest BCUT2D eigenvalue weighted by atomic mass is 32.2. The van der Waals surface area contributed by atoms with Gasteiger partial charge >= 0.3 is 0 Å². The summed E-state index contributed by atoms with van der Waals surface area (Å²) in [5.41, 5.74) is 2.84. The fourth-order valence-corrected chi connectivity index (χ4v) is 2.54. The minimum Gasteiger partial charge on any atom is -0.350 e. The Kier molecular flexibility index (Phi) is 7.31. The molecule has 8 heteroatoms. The molecule has 2 rings (SSSR count). The number of ether oxygens (including phenoxy) is 1. The first-order valence-electron chi connectivity index (χ1n) is 7.33. The van der Waals surface area contributed by atoms with Crippen molar-refractivity contribution in [3.8, 4) is 0 Å². The normalized spacial score (nSPS) is 17.5. The van der Waals surface area contributed by atoms with Crippen LogP contribution < -0.4 is 10.8 Å². The van der Waals surface area contributed by atoms with Crippen molar-refractivity contribution in [2.75, 3.05) is 23.4 Å². The van der Waals surface area contributed by atoms with Gasteiger partial charge in [-0.1, -0.05) is 0 Å². The fraction of sp³-hybridized carbons (Fsp3) is 0.467. The minimum absolute atomic E-state index is 0.101. The van der Waals surface area contributed by atoms with Crippen molar-refractivity contribution in [3.05, 3.63) is 30.1 Å². The monoisotopic (exact) mass is 342 g/mol. The van der Waals surface area contributed by atoms with Gasteiger partial charge in [-0.3, -0.25) is 9.59 Å². The maximum absolute atomic E-state index is 12.7. The highest BCUT2D eigenvalue weighted by molar-refractivity contribution is 8.00. The van der Waals surface area contributed by atoms with Gasteiger partial charge in [-0.05, 0) is 37.1 Å². The number of hydrogen-bond acceptors (Lipinski definition) is 5. The van der Waals surface area contributed by atoms with Gasteiger partial charge in [0.2, 0.25) is 5.91 Å². The first-order valence-corrected chi connectivity index (χ1v) is 8.48. The molecule has 0 aromatic heterocycles. The zero-order chi connectivity index (χ0) is 16.5. The lowest BCUT2D eigenvalue weighted by Crippen LogP contribution is -2.34. The molecule has 1 aliphatic heterocycles. The molecule has 6 nitrogen and oxygen atoms in total. The molecule has 126 valence electrons. The summed E-state index contributed by atoms with van der Waals surface area (Å²) in [4.78, 5) is 28.4. The maximum atomic E-state index is 12.7. The van der Waals surface area contributed by atoms with Gasteiger partial charge in [0.1, 0.15) is 5.82 Å². The van der Waals surface area contributed by atoms with Crippen molar-refractivity contribution in [1.82, 2.24) is 5.48 Å². The first kappa shape index (κ1) is 17.7. The third-order valence-electron chi connectivity index (χ3n) is 3.04. The summed E-state index contributed by atoms with van der Waals surface area (Å²) in [6.45, 7) is 0.638. The SMILES string of the molecule is O=C(CSCC(=O)Nc1ccc(F)cc1)NO[C@H]1CCCCO1. The molecule has 2 N–H and O–H groups in total. The summed E-state index contributed by atoms with van der Waals surface area (Å²) >= 11 is 1.16. The van der Waals surface area contributed by atoms with Crippen molar-refractivity contribution < 1.29 is 23.6 Å². The summed E-state index contributed by atoms with van der Waals surface area (Å²) < 4.78 is 18.1. The lowest BCUT2D eigenvalue weighted by molar-refractivity contribution is -0.199. The van der Waals surface area contributed by atoms with Crippen LogP contribution in [0.15, 0.2) is 24.3 Å². The van der Waals surface area contributed by atoms with Crippen LogP contribution in [0.4, 0.5) is 10.1 Å². The van der Waals surface area contributed by atoms with E-state index in [2.05, 4.69) is 10.8 Å². The highest BCUT2D eigenvalue weighted by Crippen LogP contribution is 2.13. The van der Waals surface area contributed by atoms with Crippen molar-refractivity contribution in [2.45, 2.75) is 25.6 Å². The third kappa shape index (κ3) is 6.98. The minimum atomic E-state index is -0.389. The Balaban J connectivity index is 1.57. The molecule has 1 saturated heterocycles. The molecule has 1 atom stereocenters. The van der Waals surface area contributed by atoms with Gasteiger partial charge in [0.05, 0.1) is 11.5 Å². The number of halogens is 1. The van der Waals surface area contributed by atoms with E-state index >= 15 is 0 Å². The van der Waals surface area contributed by atoms with Gasteiger partial charge in [0.25, 0.3) is 5.91 Å². The summed E-state index contributed by atoms with van der Waals surface area (Å²) in [6.07, 6.45) is 2.39.